The molecule has 22 heavy (non-hydrogen) atoms. The van der Waals surface area contributed by atoms with Gasteiger partial charge in [0.25, 0.3) is 0 Å². The average molecular weight is 346 g/mol. The average Bonchev–Trinajstić information content (AvgIpc) is 3.03. The van der Waals surface area contributed by atoms with Crippen molar-refractivity contribution in [3.63, 3.8) is 0 Å². The molecular weight excluding hydrogens is 326 g/mol. The van der Waals surface area contributed by atoms with E-state index in [9.17, 15) is 13.2 Å². The number of fused-ring (bicyclic) bond motifs is 1. The Morgan fingerprint density at radius 1 is 1.32 bits per heavy atom. The number of nitrogens with zero attached hydrogens (tertiary/aromatic N) is 2. The monoisotopic (exact) mass is 345 g/mol. The summed E-state index contributed by atoms with van der Waals surface area (Å²) in [7, 11) is -3.53. The molecule has 1 saturated heterocycles. The minimum absolute atomic E-state index is 0. The van der Waals surface area contributed by atoms with Crippen molar-refractivity contribution in [2.75, 3.05) is 24.5 Å². The first-order valence-corrected chi connectivity index (χ1v) is 8.50. The Hall–Kier alpha value is -1.15. The minimum atomic E-state index is -3.53. The van der Waals surface area contributed by atoms with Crippen LogP contribution in [-0.2, 0) is 21.2 Å². The van der Waals surface area contributed by atoms with Gasteiger partial charge in [-0.25, -0.2) is 8.42 Å². The third kappa shape index (κ3) is 2.86. The van der Waals surface area contributed by atoms with Gasteiger partial charge in [-0.15, -0.1) is 12.4 Å². The van der Waals surface area contributed by atoms with Gasteiger partial charge >= 0.3 is 0 Å². The summed E-state index contributed by atoms with van der Waals surface area (Å²) in [6.45, 7) is 2.92. The molecule has 1 atom stereocenters. The number of nitrogens with two attached hydrogens (primary N) is 1. The summed E-state index contributed by atoms with van der Waals surface area (Å²) >= 11 is 0. The van der Waals surface area contributed by atoms with E-state index in [4.69, 9.17) is 5.73 Å². The van der Waals surface area contributed by atoms with Crippen LogP contribution < -0.4 is 10.6 Å². The molecule has 0 saturated carbocycles. The lowest BCUT2D eigenvalue weighted by Crippen LogP contribution is -2.32. The topological polar surface area (TPSA) is 83.7 Å². The second-order valence-electron chi connectivity index (χ2n) is 5.62. The summed E-state index contributed by atoms with van der Waals surface area (Å²) in [5.74, 6) is -0.0634. The molecule has 1 aromatic carbocycles. The second-order valence-corrected chi connectivity index (χ2v) is 7.56. The number of amides is 1. The van der Waals surface area contributed by atoms with Crippen molar-refractivity contribution in [2.24, 2.45) is 5.73 Å². The zero-order chi connectivity index (χ0) is 15.2. The molecule has 3 rings (SSSR count). The lowest BCUT2D eigenvalue weighted by Gasteiger charge is -2.19. The first-order valence-electron chi connectivity index (χ1n) is 7.06. The summed E-state index contributed by atoms with van der Waals surface area (Å²) in [5, 5.41) is 0. The number of benzene rings is 1. The molecule has 0 bridgehead atoms. The van der Waals surface area contributed by atoms with E-state index in [0.29, 0.717) is 31.7 Å². The SMILES string of the molecule is CC(=O)N1CCc2ccc(S(=O)(=O)N3CC[C@@H](N)C3)cc21.Cl. The zero-order valence-electron chi connectivity index (χ0n) is 12.4. The van der Waals surface area contributed by atoms with Crippen LogP contribution >= 0.6 is 12.4 Å². The molecule has 0 radical (unpaired) electrons. The van der Waals surface area contributed by atoms with Crippen molar-refractivity contribution >= 4 is 34.0 Å². The predicted octanol–water partition coefficient (Wildman–Crippen LogP) is 0.739. The van der Waals surface area contributed by atoms with E-state index >= 15 is 0 Å². The third-order valence-electron chi connectivity index (χ3n) is 4.16. The summed E-state index contributed by atoms with van der Waals surface area (Å²) in [4.78, 5) is 13.5. The number of anilines is 1. The van der Waals surface area contributed by atoms with Crippen LogP contribution in [0.25, 0.3) is 0 Å². The molecule has 2 N–H and O–H groups in total. The van der Waals surface area contributed by atoms with Crippen molar-refractivity contribution in [2.45, 2.75) is 30.7 Å². The molecular formula is C14H20ClN3O3S. The van der Waals surface area contributed by atoms with Crippen LogP contribution in [-0.4, -0.2) is 44.3 Å². The molecule has 2 aliphatic heterocycles. The normalized spacial score (nSPS) is 21.5. The lowest BCUT2D eigenvalue weighted by atomic mass is 10.2. The van der Waals surface area contributed by atoms with Crippen molar-refractivity contribution in [1.82, 2.24) is 4.31 Å². The Kier molecular flexibility index (Phi) is 4.81. The van der Waals surface area contributed by atoms with Gasteiger partial charge in [0.2, 0.25) is 15.9 Å². The van der Waals surface area contributed by atoms with Gasteiger partial charge in [0.05, 0.1) is 4.90 Å². The van der Waals surface area contributed by atoms with Gasteiger partial charge in [-0.05, 0) is 30.5 Å². The maximum absolute atomic E-state index is 12.6. The summed E-state index contributed by atoms with van der Waals surface area (Å²) < 4.78 is 26.7. The van der Waals surface area contributed by atoms with E-state index in [0.717, 1.165) is 12.0 Å². The maximum atomic E-state index is 12.6. The van der Waals surface area contributed by atoms with E-state index < -0.39 is 10.0 Å². The van der Waals surface area contributed by atoms with E-state index in [1.165, 1.54) is 11.2 Å². The van der Waals surface area contributed by atoms with Crippen LogP contribution in [0.5, 0.6) is 0 Å². The first kappa shape index (κ1) is 17.2. The molecule has 0 spiro atoms. The van der Waals surface area contributed by atoms with Gasteiger partial charge in [0.1, 0.15) is 0 Å². The molecule has 8 heteroatoms. The number of carbonyl (C=O) groups excluding carboxylic acids is 1. The minimum Gasteiger partial charge on any atom is -0.326 e. The second kappa shape index (κ2) is 6.16. The van der Waals surface area contributed by atoms with Crippen LogP contribution in [0, 0.1) is 0 Å². The number of carbonyl (C=O) groups is 1. The molecule has 1 fully saturated rings. The Morgan fingerprint density at radius 3 is 2.64 bits per heavy atom. The highest BCUT2D eigenvalue weighted by molar-refractivity contribution is 7.89. The number of sulfonamides is 1. The lowest BCUT2D eigenvalue weighted by molar-refractivity contribution is -0.116. The van der Waals surface area contributed by atoms with Crippen LogP contribution in [0.2, 0.25) is 0 Å². The molecule has 1 amide bonds. The first-order chi connectivity index (χ1) is 9.89. The number of rotatable bonds is 2. The smallest absolute Gasteiger partial charge is 0.243 e. The predicted molar refractivity (Wildman–Crippen MR) is 86.8 cm³/mol. The Balaban J connectivity index is 0.00000176. The van der Waals surface area contributed by atoms with Crippen molar-refractivity contribution < 1.29 is 13.2 Å². The van der Waals surface area contributed by atoms with Crippen LogP contribution in [0.15, 0.2) is 23.1 Å². The molecule has 0 aromatic heterocycles. The highest BCUT2D eigenvalue weighted by Crippen LogP contribution is 2.32. The number of hydrogen-bond acceptors (Lipinski definition) is 4. The van der Waals surface area contributed by atoms with Gasteiger partial charge in [0.15, 0.2) is 0 Å². The van der Waals surface area contributed by atoms with Gasteiger partial charge < -0.3 is 10.6 Å². The molecule has 0 unspecified atom stereocenters. The quantitative estimate of drug-likeness (QED) is 0.856. The van der Waals surface area contributed by atoms with Crippen molar-refractivity contribution in [3.05, 3.63) is 23.8 Å². The van der Waals surface area contributed by atoms with Crippen molar-refractivity contribution in [1.29, 1.82) is 0 Å². The highest BCUT2D eigenvalue weighted by Gasteiger charge is 2.32. The Bertz CT molecular complexity index is 693. The Labute approximate surface area is 136 Å². The fourth-order valence-corrected chi connectivity index (χ4v) is 4.50. The van der Waals surface area contributed by atoms with E-state index in [1.807, 2.05) is 0 Å². The molecule has 1 aromatic rings. The van der Waals surface area contributed by atoms with Crippen LogP contribution in [0.4, 0.5) is 5.69 Å². The molecule has 0 aliphatic carbocycles. The third-order valence-corrected chi connectivity index (χ3v) is 6.02. The van der Waals surface area contributed by atoms with Gasteiger partial charge in [-0.3, -0.25) is 4.79 Å². The molecule has 2 aliphatic rings. The van der Waals surface area contributed by atoms with Gasteiger partial charge in [-0.1, -0.05) is 6.07 Å². The van der Waals surface area contributed by atoms with E-state index in [1.54, 1.807) is 23.1 Å². The fourth-order valence-electron chi connectivity index (χ4n) is 2.97. The fraction of sp³-hybridized carbons (Fsp3) is 0.500. The number of hydrogen-bond donors (Lipinski definition) is 1. The zero-order valence-corrected chi connectivity index (χ0v) is 14.0. The molecule has 2 heterocycles. The van der Waals surface area contributed by atoms with Gasteiger partial charge in [0, 0.05) is 38.3 Å². The van der Waals surface area contributed by atoms with Crippen LogP contribution in [0.3, 0.4) is 0 Å². The van der Waals surface area contributed by atoms with Crippen LogP contribution in [0.1, 0.15) is 18.9 Å². The van der Waals surface area contributed by atoms with E-state index in [-0.39, 0.29) is 29.3 Å². The maximum Gasteiger partial charge on any atom is 0.243 e. The standard InChI is InChI=1S/C14H19N3O3S.ClH/c1-10(18)17-7-4-11-2-3-13(8-14(11)17)21(19,20)16-6-5-12(15)9-16;/h2-3,8,12H,4-7,9,15H2,1H3;1H/t12-;/m1./s1. The van der Waals surface area contributed by atoms with Gasteiger partial charge in [-0.2, -0.15) is 4.31 Å². The molecule has 122 valence electrons. The molecule has 6 nitrogen and oxygen atoms in total. The largest absolute Gasteiger partial charge is 0.326 e. The summed E-state index contributed by atoms with van der Waals surface area (Å²) in [6.07, 6.45) is 1.45. The summed E-state index contributed by atoms with van der Waals surface area (Å²) in [5.41, 5.74) is 7.52. The highest BCUT2D eigenvalue weighted by atomic mass is 35.5. The number of halogens is 1. The van der Waals surface area contributed by atoms with E-state index in [2.05, 4.69) is 0 Å². The Morgan fingerprint density at radius 2 is 2.05 bits per heavy atom. The van der Waals surface area contributed by atoms with Crippen molar-refractivity contribution in [3.8, 4) is 0 Å². The summed E-state index contributed by atoms with van der Waals surface area (Å²) in [6, 6.07) is 4.95.